The molecule has 1 heterocycles. The second kappa shape index (κ2) is 8.68. The third-order valence-corrected chi connectivity index (χ3v) is 4.30. The van der Waals surface area contributed by atoms with Gasteiger partial charge in [0.1, 0.15) is 6.61 Å². The van der Waals surface area contributed by atoms with Crippen molar-refractivity contribution in [3.8, 4) is 0 Å². The fraction of sp³-hybridized carbons (Fsp3) is 0.556. The second-order valence-corrected chi connectivity index (χ2v) is 6.39. The lowest BCUT2D eigenvalue weighted by atomic mass is 10.0. The predicted octanol–water partition coefficient (Wildman–Crippen LogP) is 1.98. The zero-order valence-electron chi connectivity index (χ0n) is 14.5. The van der Waals surface area contributed by atoms with Crippen LogP contribution in [0.4, 0.5) is 4.79 Å². The first kappa shape index (κ1) is 18.3. The minimum Gasteiger partial charge on any atom is -0.445 e. The molecule has 1 aliphatic rings. The number of carbonyl (C=O) groups excluding carboxylic acids is 2. The van der Waals surface area contributed by atoms with E-state index >= 15 is 0 Å². The van der Waals surface area contributed by atoms with Crippen LogP contribution in [0, 0.1) is 0 Å². The van der Waals surface area contributed by atoms with E-state index in [9.17, 15) is 9.59 Å². The fourth-order valence-corrected chi connectivity index (χ4v) is 2.96. The molecule has 1 saturated heterocycles. The quantitative estimate of drug-likeness (QED) is 0.894. The van der Waals surface area contributed by atoms with Crippen LogP contribution in [0.1, 0.15) is 31.7 Å². The van der Waals surface area contributed by atoms with Gasteiger partial charge in [0.15, 0.2) is 0 Å². The van der Waals surface area contributed by atoms with Gasteiger partial charge in [-0.15, -0.1) is 0 Å². The van der Waals surface area contributed by atoms with E-state index in [1.54, 1.807) is 18.9 Å². The molecule has 0 spiro atoms. The first-order chi connectivity index (χ1) is 11.5. The average molecular weight is 333 g/mol. The lowest BCUT2D eigenvalue weighted by Gasteiger charge is -2.38. The zero-order chi connectivity index (χ0) is 17.5. The molecule has 2 rings (SSSR count). The molecule has 6 nitrogen and oxygen atoms in total. The molecule has 2 N–H and O–H groups in total. The van der Waals surface area contributed by atoms with E-state index in [1.807, 2.05) is 35.2 Å². The molecule has 0 aromatic heterocycles. The minimum atomic E-state index is -0.513. The average Bonchev–Trinajstić information content (AvgIpc) is 2.60. The van der Waals surface area contributed by atoms with Gasteiger partial charge in [-0.1, -0.05) is 30.3 Å². The fourth-order valence-electron chi connectivity index (χ4n) is 2.96. The number of carbonyl (C=O) groups is 2. The second-order valence-electron chi connectivity index (χ2n) is 6.39. The maximum atomic E-state index is 12.2. The Morgan fingerprint density at radius 1 is 1.33 bits per heavy atom. The molecule has 0 bridgehead atoms. The first-order valence-electron chi connectivity index (χ1n) is 8.47. The van der Waals surface area contributed by atoms with Crippen LogP contribution in [0.25, 0.3) is 0 Å². The van der Waals surface area contributed by atoms with Crippen LogP contribution in [-0.4, -0.2) is 54.0 Å². The summed E-state index contributed by atoms with van der Waals surface area (Å²) in [6, 6.07) is 9.06. The van der Waals surface area contributed by atoms with Gasteiger partial charge in [0.25, 0.3) is 0 Å². The van der Waals surface area contributed by atoms with Gasteiger partial charge in [-0.25, -0.2) is 4.79 Å². The Balaban J connectivity index is 1.87. The Hall–Kier alpha value is -2.08. The molecular formula is C18H27N3O3. The van der Waals surface area contributed by atoms with E-state index in [-0.39, 0.29) is 24.6 Å². The molecule has 1 aromatic rings. The van der Waals surface area contributed by atoms with Crippen molar-refractivity contribution in [3.63, 3.8) is 0 Å². The molecule has 132 valence electrons. The van der Waals surface area contributed by atoms with Gasteiger partial charge in [-0.05, 0) is 31.7 Å². The van der Waals surface area contributed by atoms with Crippen molar-refractivity contribution in [2.75, 3.05) is 20.1 Å². The van der Waals surface area contributed by atoms with E-state index in [1.165, 1.54) is 0 Å². The van der Waals surface area contributed by atoms with E-state index in [4.69, 9.17) is 10.5 Å². The van der Waals surface area contributed by atoms with Crippen molar-refractivity contribution in [1.82, 2.24) is 9.80 Å². The summed E-state index contributed by atoms with van der Waals surface area (Å²) < 4.78 is 5.33. The first-order valence-corrected chi connectivity index (χ1v) is 8.47. The standard InChI is InChI=1S/C18H27N3O3/c1-14(19)17(22)21-11-7-6-10-16(21)12-20(2)18(23)24-13-15-8-4-3-5-9-15/h3-5,8-9,14,16H,6-7,10-13,19H2,1-2H3/t14-,16+/m0/s1. The molecule has 2 amide bonds. The largest absolute Gasteiger partial charge is 0.445 e. The summed E-state index contributed by atoms with van der Waals surface area (Å²) in [5.41, 5.74) is 6.68. The number of piperidine rings is 1. The molecule has 1 aliphatic heterocycles. The summed E-state index contributed by atoms with van der Waals surface area (Å²) in [6.45, 7) is 3.12. The number of hydrogen-bond acceptors (Lipinski definition) is 4. The van der Waals surface area contributed by atoms with Gasteiger partial charge >= 0.3 is 6.09 Å². The molecule has 2 atom stereocenters. The van der Waals surface area contributed by atoms with Gasteiger partial charge in [0, 0.05) is 26.2 Å². The zero-order valence-corrected chi connectivity index (χ0v) is 14.5. The SMILES string of the molecule is C[C@H](N)C(=O)N1CCCC[C@@H]1CN(C)C(=O)OCc1ccccc1. The van der Waals surface area contributed by atoms with Gasteiger partial charge < -0.3 is 20.3 Å². The lowest BCUT2D eigenvalue weighted by Crippen LogP contribution is -2.53. The Kier molecular flexibility index (Phi) is 6.61. The summed E-state index contributed by atoms with van der Waals surface area (Å²) >= 11 is 0. The van der Waals surface area contributed by atoms with Crippen LogP contribution >= 0.6 is 0 Å². The van der Waals surface area contributed by atoms with E-state index in [2.05, 4.69) is 0 Å². The highest BCUT2D eigenvalue weighted by Gasteiger charge is 2.30. The van der Waals surface area contributed by atoms with E-state index in [0.29, 0.717) is 13.1 Å². The Morgan fingerprint density at radius 2 is 2.04 bits per heavy atom. The minimum absolute atomic E-state index is 0.00604. The molecule has 24 heavy (non-hydrogen) atoms. The number of hydrogen-bond donors (Lipinski definition) is 1. The van der Waals surface area contributed by atoms with Crippen LogP contribution in [0.3, 0.4) is 0 Å². The number of nitrogens with two attached hydrogens (primary N) is 1. The Morgan fingerprint density at radius 3 is 2.71 bits per heavy atom. The van der Waals surface area contributed by atoms with Crippen LogP contribution in [0.15, 0.2) is 30.3 Å². The smallest absolute Gasteiger partial charge is 0.409 e. The Labute approximate surface area is 143 Å². The summed E-state index contributed by atoms with van der Waals surface area (Å²) in [5.74, 6) is -0.0502. The molecule has 0 saturated carbocycles. The number of nitrogens with zero attached hydrogens (tertiary/aromatic N) is 2. The van der Waals surface area contributed by atoms with Crippen LogP contribution in [-0.2, 0) is 16.1 Å². The highest BCUT2D eigenvalue weighted by molar-refractivity contribution is 5.81. The molecule has 6 heteroatoms. The molecule has 0 aliphatic carbocycles. The molecule has 0 unspecified atom stereocenters. The van der Waals surface area contributed by atoms with Crippen molar-refractivity contribution in [3.05, 3.63) is 35.9 Å². The summed E-state index contributed by atoms with van der Waals surface area (Å²) in [4.78, 5) is 27.8. The Bertz CT molecular complexity index is 548. The van der Waals surface area contributed by atoms with Crippen molar-refractivity contribution in [1.29, 1.82) is 0 Å². The van der Waals surface area contributed by atoms with Gasteiger partial charge in [-0.2, -0.15) is 0 Å². The van der Waals surface area contributed by atoms with Crippen LogP contribution < -0.4 is 5.73 Å². The summed E-state index contributed by atoms with van der Waals surface area (Å²) in [7, 11) is 1.70. The summed E-state index contributed by atoms with van der Waals surface area (Å²) in [6.07, 6.45) is 2.55. The maximum absolute atomic E-state index is 12.2. The van der Waals surface area contributed by atoms with Crippen LogP contribution in [0.5, 0.6) is 0 Å². The van der Waals surface area contributed by atoms with Crippen molar-refractivity contribution in [2.24, 2.45) is 5.73 Å². The number of amides is 2. The van der Waals surface area contributed by atoms with Gasteiger partial charge in [-0.3, -0.25) is 4.79 Å². The number of likely N-dealkylation sites (tertiary alicyclic amines) is 1. The van der Waals surface area contributed by atoms with E-state index in [0.717, 1.165) is 24.8 Å². The maximum Gasteiger partial charge on any atom is 0.409 e. The molecule has 1 aromatic carbocycles. The third-order valence-electron chi connectivity index (χ3n) is 4.30. The highest BCUT2D eigenvalue weighted by Crippen LogP contribution is 2.19. The molecule has 1 fully saturated rings. The van der Waals surface area contributed by atoms with Crippen molar-refractivity contribution < 1.29 is 14.3 Å². The number of rotatable bonds is 5. The highest BCUT2D eigenvalue weighted by atomic mass is 16.6. The lowest BCUT2D eigenvalue weighted by molar-refractivity contribution is -0.136. The van der Waals surface area contributed by atoms with Crippen molar-refractivity contribution >= 4 is 12.0 Å². The number of benzene rings is 1. The number of likely N-dealkylation sites (N-methyl/N-ethyl adjacent to an activating group) is 1. The predicted molar refractivity (Wildman–Crippen MR) is 92.3 cm³/mol. The van der Waals surface area contributed by atoms with E-state index < -0.39 is 6.04 Å². The normalized spacial score (nSPS) is 18.8. The third kappa shape index (κ3) is 4.96. The van der Waals surface area contributed by atoms with Crippen molar-refractivity contribution in [2.45, 2.75) is 44.9 Å². The molecule has 0 radical (unpaired) electrons. The van der Waals surface area contributed by atoms with Gasteiger partial charge in [0.05, 0.1) is 6.04 Å². The topological polar surface area (TPSA) is 75.9 Å². The number of ether oxygens (including phenoxy) is 1. The van der Waals surface area contributed by atoms with Gasteiger partial charge in [0.2, 0.25) is 5.91 Å². The molecular weight excluding hydrogens is 306 g/mol. The van der Waals surface area contributed by atoms with Crippen LogP contribution in [0.2, 0.25) is 0 Å². The summed E-state index contributed by atoms with van der Waals surface area (Å²) in [5, 5.41) is 0. The monoisotopic (exact) mass is 333 g/mol.